The van der Waals surface area contributed by atoms with Crippen molar-refractivity contribution >= 4 is 23.1 Å². The molecule has 2 fully saturated rings. The number of aliphatic hydroxyl groups is 1. The van der Waals surface area contributed by atoms with E-state index in [0.717, 1.165) is 11.1 Å². The summed E-state index contributed by atoms with van der Waals surface area (Å²) in [5.74, 6) is -1.83. The van der Waals surface area contributed by atoms with Crippen LogP contribution in [-0.4, -0.2) is 22.5 Å². The molecule has 2 bridgehead atoms. The minimum atomic E-state index is -1.44. The van der Waals surface area contributed by atoms with E-state index in [1.54, 1.807) is 37.3 Å². The highest BCUT2D eigenvalue weighted by atomic mass is 16.3. The van der Waals surface area contributed by atoms with Gasteiger partial charge < -0.3 is 5.11 Å². The Hall–Kier alpha value is -3.27. The fraction of sp³-hybridized carbons (Fsp3) is 0.387. The number of Topliss-reactive ketones (excluding diaryl/α,β-unsaturated/α-hetero) is 3. The van der Waals surface area contributed by atoms with Crippen LogP contribution < -0.4 is 0 Å². The fourth-order valence-electron chi connectivity index (χ4n) is 5.96. The van der Waals surface area contributed by atoms with E-state index in [4.69, 9.17) is 0 Å². The lowest BCUT2D eigenvalue weighted by Crippen LogP contribution is -2.68. The van der Waals surface area contributed by atoms with Gasteiger partial charge in [-0.3, -0.25) is 14.4 Å². The molecule has 182 valence electrons. The van der Waals surface area contributed by atoms with Crippen LogP contribution in [0.2, 0.25) is 0 Å². The Balaban J connectivity index is 1.95. The van der Waals surface area contributed by atoms with E-state index in [1.165, 1.54) is 0 Å². The van der Waals surface area contributed by atoms with Crippen molar-refractivity contribution in [3.63, 3.8) is 0 Å². The van der Waals surface area contributed by atoms with Gasteiger partial charge in [-0.05, 0) is 56.9 Å². The van der Waals surface area contributed by atoms with Gasteiger partial charge in [-0.2, -0.15) is 0 Å². The summed E-state index contributed by atoms with van der Waals surface area (Å²) in [5.41, 5.74) is -1.27. The lowest BCUT2D eigenvalue weighted by molar-refractivity contribution is -0.174. The summed E-state index contributed by atoms with van der Waals surface area (Å²) in [6.45, 7) is 9.50. The Morgan fingerprint density at radius 1 is 0.914 bits per heavy atom. The number of hydrogen-bond donors (Lipinski definition) is 1. The van der Waals surface area contributed by atoms with E-state index in [-0.39, 0.29) is 29.5 Å². The monoisotopic (exact) mass is 470 g/mol. The van der Waals surface area contributed by atoms with Gasteiger partial charge in [-0.15, -0.1) is 0 Å². The molecule has 0 aromatic heterocycles. The minimum absolute atomic E-state index is 0.0773. The van der Waals surface area contributed by atoms with Crippen molar-refractivity contribution < 1.29 is 19.5 Å². The molecule has 1 N–H and O–H groups in total. The molecule has 35 heavy (non-hydrogen) atoms. The highest BCUT2D eigenvalue weighted by Crippen LogP contribution is 2.63. The van der Waals surface area contributed by atoms with Crippen LogP contribution in [0.1, 0.15) is 58.6 Å². The van der Waals surface area contributed by atoms with E-state index < -0.39 is 27.8 Å². The smallest absolute Gasteiger partial charge is 0.184 e. The van der Waals surface area contributed by atoms with Gasteiger partial charge in [0.25, 0.3) is 0 Å². The second kappa shape index (κ2) is 8.75. The lowest BCUT2D eigenvalue weighted by atomic mass is 9.40. The zero-order chi connectivity index (χ0) is 25.6. The van der Waals surface area contributed by atoms with Gasteiger partial charge in [0, 0.05) is 5.56 Å². The molecule has 0 saturated heterocycles. The molecule has 4 nitrogen and oxygen atoms in total. The van der Waals surface area contributed by atoms with Crippen LogP contribution in [0.15, 0.2) is 77.9 Å². The van der Waals surface area contributed by atoms with Crippen LogP contribution in [-0.2, 0) is 20.8 Å². The zero-order valence-corrected chi connectivity index (χ0v) is 21.2. The second-order valence-electron chi connectivity index (χ2n) is 11.1. The van der Waals surface area contributed by atoms with Gasteiger partial charge in [0.05, 0.1) is 10.8 Å². The average Bonchev–Trinajstić information content (AvgIpc) is 2.84. The maximum absolute atomic E-state index is 14.2. The molecule has 0 spiro atoms. The zero-order valence-electron chi connectivity index (χ0n) is 21.2. The predicted molar refractivity (Wildman–Crippen MR) is 138 cm³/mol. The first kappa shape index (κ1) is 24.8. The summed E-state index contributed by atoms with van der Waals surface area (Å²) in [5, 5.41) is 11.2. The molecular formula is C31H34O4. The van der Waals surface area contributed by atoms with Crippen molar-refractivity contribution in [2.24, 2.45) is 22.2 Å². The molecule has 0 aliphatic heterocycles. The Bertz CT molecular complexity index is 1230. The van der Waals surface area contributed by atoms with Crippen LogP contribution >= 0.6 is 0 Å². The lowest BCUT2D eigenvalue weighted by Gasteiger charge is -2.59. The Labute approximate surface area is 207 Å². The third-order valence-electron chi connectivity index (χ3n) is 8.60. The van der Waals surface area contributed by atoms with Gasteiger partial charge in [0.15, 0.2) is 17.3 Å². The molecule has 0 amide bonds. The van der Waals surface area contributed by atoms with Crippen LogP contribution in [0.5, 0.6) is 0 Å². The summed E-state index contributed by atoms with van der Waals surface area (Å²) in [6, 6.07) is 18.6. The summed E-state index contributed by atoms with van der Waals surface area (Å²) in [6.07, 6.45) is 3.15. The number of benzene rings is 2. The molecule has 0 unspecified atom stereocenters. The highest BCUT2D eigenvalue weighted by Gasteiger charge is 2.72. The molecule has 4 heteroatoms. The van der Waals surface area contributed by atoms with E-state index in [2.05, 4.69) is 0 Å². The van der Waals surface area contributed by atoms with Crippen LogP contribution in [0, 0.1) is 22.2 Å². The summed E-state index contributed by atoms with van der Waals surface area (Å²) in [4.78, 5) is 42.5. The number of ketones is 3. The standard InChI is InChI=1S/C31H34O4/c1-20(2)16-17-31-19-23(18-21-12-8-6-9-13-21)29(3,4)30(5,28(31)35)26(33)24(27(31)34)25(32)22-14-10-7-11-15-22/h6-16,23,32H,17-19H2,1-5H3/t23-,30+,31-/m1/s1. The first-order valence-electron chi connectivity index (χ1n) is 12.3. The molecule has 2 saturated carbocycles. The van der Waals surface area contributed by atoms with Gasteiger partial charge in [0.2, 0.25) is 0 Å². The third-order valence-corrected chi connectivity index (χ3v) is 8.60. The van der Waals surface area contributed by atoms with Gasteiger partial charge in [0.1, 0.15) is 11.3 Å². The predicted octanol–water partition coefficient (Wildman–Crippen LogP) is 6.31. The molecule has 4 rings (SSSR count). The van der Waals surface area contributed by atoms with E-state index in [1.807, 2.05) is 64.1 Å². The largest absolute Gasteiger partial charge is 0.506 e. The first-order valence-corrected chi connectivity index (χ1v) is 12.3. The Kier molecular flexibility index (Phi) is 6.21. The SMILES string of the molecule is CC(C)=CC[C@@]12C[C@@H](Cc3ccccc3)C(C)(C)[C@@](C)(C(=O)C(=C(O)c3ccccc3)C1=O)C2=O. The molecule has 3 atom stereocenters. The normalized spacial score (nSPS) is 29.1. The van der Waals surface area contributed by atoms with E-state index in [0.29, 0.717) is 18.4 Å². The van der Waals surface area contributed by atoms with E-state index in [9.17, 15) is 19.5 Å². The minimum Gasteiger partial charge on any atom is -0.506 e. The quantitative estimate of drug-likeness (QED) is 0.183. The first-order chi connectivity index (χ1) is 16.5. The number of carbonyl (C=O) groups is 3. The van der Waals surface area contributed by atoms with Crippen molar-refractivity contribution in [2.75, 3.05) is 0 Å². The van der Waals surface area contributed by atoms with Crippen molar-refractivity contribution in [2.45, 2.75) is 53.9 Å². The Morgan fingerprint density at radius 2 is 1.49 bits per heavy atom. The van der Waals surface area contributed by atoms with Crippen LogP contribution in [0.3, 0.4) is 0 Å². The van der Waals surface area contributed by atoms with Crippen molar-refractivity contribution in [1.29, 1.82) is 0 Å². The number of allylic oxidation sites excluding steroid dienone is 3. The van der Waals surface area contributed by atoms with Gasteiger partial charge in [-0.25, -0.2) is 0 Å². The van der Waals surface area contributed by atoms with Gasteiger partial charge >= 0.3 is 0 Å². The maximum Gasteiger partial charge on any atom is 0.184 e. The number of fused-ring (bicyclic) bond motifs is 2. The average molecular weight is 471 g/mol. The summed E-state index contributed by atoms with van der Waals surface area (Å²) in [7, 11) is 0. The molecule has 2 aromatic carbocycles. The number of rotatable bonds is 5. The molecule has 2 aliphatic carbocycles. The number of carbonyl (C=O) groups excluding carboxylic acids is 3. The van der Waals surface area contributed by atoms with Crippen molar-refractivity contribution in [3.8, 4) is 0 Å². The van der Waals surface area contributed by atoms with Crippen LogP contribution in [0.4, 0.5) is 0 Å². The van der Waals surface area contributed by atoms with Gasteiger partial charge in [-0.1, -0.05) is 86.2 Å². The fourth-order valence-corrected chi connectivity index (χ4v) is 5.96. The second-order valence-corrected chi connectivity index (χ2v) is 11.1. The van der Waals surface area contributed by atoms with Crippen molar-refractivity contribution in [3.05, 3.63) is 89.0 Å². The topological polar surface area (TPSA) is 71.4 Å². The van der Waals surface area contributed by atoms with Crippen LogP contribution in [0.25, 0.3) is 5.76 Å². The Morgan fingerprint density at radius 3 is 2.06 bits per heavy atom. The molecule has 2 aromatic rings. The molecule has 2 aliphatic rings. The molecule has 0 heterocycles. The molecule has 0 radical (unpaired) electrons. The number of aliphatic hydroxyl groups excluding tert-OH is 1. The summed E-state index contributed by atoms with van der Waals surface area (Å²) >= 11 is 0. The van der Waals surface area contributed by atoms with E-state index >= 15 is 0 Å². The summed E-state index contributed by atoms with van der Waals surface area (Å²) < 4.78 is 0. The van der Waals surface area contributed by atoms with Crippen molar-refractivity contribution in [1.82, 2.24) is 0 Å². The third kappa shape index (κ3) is 3.71. The molecular weight excluding hydrogens is 436 g/mol. The number of hydrogen-bond acceptors (Lipinski definition) is 4. The maximum atomic E-state index is 14.2. The highest BCUT2D eigenvalue weighted by molar-refractivity contribution is 6.41.